The molecule has 0 aromatic heterocycles. The third kappa shape index (κ3) is 2.79. The maximum absolute atomic E-state index is 11.0. The van der Waals surface area contributed by atoms with Gasteiger partial charge in [0.25, 0.3) is 5.69 Å². The fourth-order valence-corrected chi connectivity index (χ4v) is 1.71. The largest absolute Gasteiger partial charge is 0.330 e. The van der Waals surface area contributed by atoms with Gasteiger partial charge in [-0.3, -0.25) is 10.1 Å². The summed E-state index contributed by atoms with van der Waals surface area (Å²) in [5.74, 6) is 0. The van der Waals surface area contributed by atoms with Gasteiger partial charge >= 0.3 is 0 Å². The molecule has 2 N–H and O–H groups in total. The monoisotopic (exact) mass is 222 g/mol. The van der Waals surface area contributed by atoms with Crippen LogP contribution in [0.2, 0.25) is 0 Å². The molecular formula is C12H18N2O2. The molecule has 0 spiro atoms. The maximum atomic E-state index is 11.0. The Morgan fingerprint density at radius 1 is 1.44 bits per heavy atom. The van der Waals surface area contributed by atoms with Crippen LogP contribution in [0.1, 0.15) is 25.0 Å². The van der Waals surface area contributed by atoms with Gasteiger partial charge in [0.1, 0.15) is 0 Å². The number of nitrogens with two attached hydrogens (primary N) is 1. The lowest BCUT2D eigenvalue weighted by Gasteiger charge is -2.22. The van der Waals surface area contributed by atoms with Gasteiger partial charge in [-0.25, -0.2) is 0 Å². The maximum Gasteiger partial charge on any atom is 0.275 e. The third-order valence-electron chi connectivity index (χ3n) is 2.73. The second-order valence-corrected chi connectivity index (χ2v) is 4.88. The number of nitro benzene ring substituents is 1. The van der Waals surface area contributed by atoms with Crippen LogP contribution in [-0.4, -0.2) is 11.5 Å². The van der Waals surface area contributed by atoms with Crippen molar-refractivity contribution in [3.63, 3.8) is 0 Å². The van der Waals surface area contributed by atoms with Gasteiger partial charge in [0.2, 0.25) is 0 Å². The first kappa shape index (κ1) is 12.6. The standard InChI is InChI=1S/C12H18N2O2/c1-9-5-4-6-10(11(9)14(15)16)7-12(2,3)8-13/h4-6H,7-8,13H2,1-3H3. The first-order valence-electron chi connectivity index (χ1n) is 5.30. The first-order valence-corrected chi connectivity index (χ1v) is 5.30. The highest BCUT2D eigenvalue weighted by atomic mass is 16.6. The molecule has 0 saturated heterocycles. The molecule has 0 amide bonds. The zero-order chi connectivity index (χ0) is 12.3. The molecule has 0 radical (unpaired) electrons. The topological polar surface area (TPSA) is 69.2 Å². The summed E-state index contributed by atoms with van der Waals surface area (Å²) in [6.45, 7) is 6.30. The Morgan fingerprint density at radius 3 is 2.56 bits per heavy atom. The molecule has 0 bridgehead atoms. The predicted octanol–water partition coefficient (Wildman–Crippen LogP) is 2.43. The van der Waals surface area contributed by atoms with Crippen LogP contribution in [-0.2, 0) is 6.42 Å². The lowest BCUT2D eigenvalue weighted by Crippen LogP contribution is -2.26. The van der Waals surface area contributed by atoms with E-state index in [0.717, 1.165) is 5.56 Å². The van der Waals surface area contributed by atoms with E-state index >= 15 is 0 Å². The minimum atomic E-state index is -0.308. The number of benzene rings is 1. The lowest BCUT2D eigenvalue weighted by molar-refractivity contribution is -0.386. The van der Waals surface area contributed by atoms with Crippen molar-refractivity contribution in [2.45, 2.75) is 27.2 Å². The van der Waals surface area contributed by atoms with E-state index in [-0.39, 0.29) is 16.0 Å². The van der Waals surface area contributed by atoms with Gasteiger partial charge < -0.3 is 5.73 Å². The minimum Gasteiger partial charge on any atom is -0.330 e. The molecule has 0 unspecified atom stereocenters. The Labute approximate surface area is 95.6 Å². The zero-order valence-corrected chi connectivity index (χ0v) is 9.99. The normalized spacial score (nSPS) is 11.5. The third-order valence-corrected chi connectivity index (χ3v) is 2.73. The van der Waals surface area contributed by atoms with E-state index in [1.54, 1.807) is 13.0 Å². The Hall–Kier alpha value is -1.42. The second kappa shape index (κ2) is 4.61. The summed E-state index contributed by atoms with van der Waals surface area (Å²) in [7, 11) is 0. The molecule has 4 nitrogen and oxygen atoms in total. The van der Waals surface area contributed by atoms with Gasteiger partial charge in [-0.2, -0.15) is 0 Å². The van der Waals surface area contributed by atoms with Gasteiger partial charge in [0.15, 0.2) is 0 Å². The van der Waals surface area contributed by atoms with Crippen LogP contribution in [0.4, 0.5) is 5.69 Å². The van der Waals surface area contributed by atoms with E-state index in [1.165, 1.54) is 0 Å². The summed E-state index contributed by atoms with van der Waals surface area (Å²) < 4.78 is 0. The van der Waals surface area contributed by atoms with Gasteiger partial charge in [-0.15, -0.1) is 0 Å². The number of para-hydroxylation sites is 1. The summed E-state index contributed by atoms with van der Waals surface area (Å²) in [5.41, 5.74) is 7.23. The van der Waals surface area contributed by atoms with Crippen LogP contribution < -0.4 is 5.73 Å². The van der Waals surface area contributed by atoms with E-state index in [2.05, 4.69) is 0 Å². The van der Waals surface area contributed by atoms with Crippen molar-refractivity contribution in [3.05, 3.63) is 39.4 Å². The highest BCUT2D eigenvalue weighted by molar-refractivity contribution is 5.47. The zero-order valence-electron chi connectivity index (χ0n) is 9.99. The number of nitro groups is 1. The van der Waals surface area contributed by atoms with Gasteiger partial charge in [0.05, 0.1) is 4.92 Å². The Morgan fingerprint density at radius 2 is 2.06 bits per heavy atom. The molecule has 1 aromatic rings. The molecule has 0 heterocycles. The molecule has 1 aromatic carbocycles. The van der Waals surface area contributed by atoms with E-state index in [0.29, 0.717) is 18.5 Å². The van der Waals surface area contributed by atoms with Crippen molar-refractivity contribution in [2.75, 3.05) is 6.54 Å². The van der Waals surface area contributed by atoms with E-state index in [4.69, 9.17) is 5.73 Å². The van der Waals surface area contributed by atoms with Crippen molar-refractivity contribution in [3.8, 4) is 0 Å². The average Bonchev–Trinajstić information content (AvgIpc) is 2.16. The molecule has 1 rings (SSSR count). The molecular weight excluding hydrogens is 204 g/mol. The van der Waals surface area contributed by atoms with Crippen molar-refractivity contribution < 1.29 is 4.92 Å². The molecule has 0 aliphatic rings. The van der Waals surface area contributed by atoms with E-state index in [1.807, 2.05) is 26.0 Å². The Bertz CT molecular complexity index is 400. The van der Waals surface area contributed by atoms with Crippen molar-refractivity contribution >= 4 is 5.69 Å². The molecule has 88 valence electrons. The van der Waals surface area contributed by atoms with Crippen LogP contribution in [0.3, 0.4) is 0 Å². The van der Waals surface area contributed by atoms with Gasteiger partial charge in [-0.1, -0.05) is 32.0 Å². The highest BCUT2D eigenvalue weighted by Crippen LogP contribution is 2.29. The van der Waals surface area contributed by atoms with E-state index < -0.39 is 0 Å². The van der Waals surface area contributed by atoms with Crippen LogP contribution in [0.15, 0.2) is 18.2 Å². The van der Waals surface area contributed by atoms with Crippen LogP contribution in [0, 0.1) is 22.5 Å². The number of hydrogen-bond acceptors (Lipinski definition) is 3. The number of nitrogens with zero attached hydrogens (tertiary/aromatic N) is 1. The van der Waals surface area contributed by atoms with Gasteiger partial charge in [-0.05, 0) is 25.3 Å². The molecule has 4 heteroatoms. The highest BCUT2D eigenvalue weighted by Gasteiger charge is 2.23. The molecule has 0 aliphatic heterocycles. The van der Waals surface area contributed by atoms with Crippen LogP contribution in [0.25, 0.3) is 0 Å². The number of hydrogen-bond donors (Lipinski definition) is 1. The van der Waals surface area contributed by atoms with Crippen molar-refractivity contribution in [1.82, 2.24) is 0 Å². The first-order chi connectivity index (χ1) is 7.37. The summed E-state index contributed by atoms with van der Waals surface area (Å²) in [6.07, 6.45) is 0.626. The summed E-state index contributed by atoms with van der Waals surface area (Å²) in [4.78, 5) is 10.7. The molecule has 0 fully saturated rings. The van der Waals surface area contributed by atoms with Crippen LogP contribution in [0.5, 0.6) is 0 Å². The molecule has 0 aliphatic carbocycles. The lowest BCUT2D eigenvalue weighted by atomic mass is 9.85. The number of aryl methyl sites for hydroxylation is 1. The average molecular weight is 222 g/mol. The smallest absolute Gasteiger partial charge is 0.275 e. The quantitative estimate of drug-likeness (QED) is 0.628. The molecule has 16 heavy (non-hydrogen) atoms. The van der Waals surface area contributed by atoms with Crippen molar-refractivity contribution in [2.24, 2.45) is 11.1 Å². The fourth-order valence-electron chi connectivity index (χ4n) is 1.71. The Balaban J connectivity index is 3.14. The predicted molar refractivity (Wildman–Crippen MR) is 64.4 cm³/mol. The van der Waals surface area contributed by atoms with Crippen molar-refractivity contribution in [1.29, 1.82) is 0 Å². The summed E-state index contributed by atoms with van der Waals surface area (Å²) >= 11 is 0. The minimum absolute atomic E-state index is 0.113. The SMILES string of the molecule is Cc1cccc(CC(C)(C)CN)c1[N+](=O)[O-]. The van der Waals surface area contributed by atoms with Crippen LogP contribution >= 0.6 is 0 Å². The van der Waals surface area contributed by atoms with Gasteiger partial charge in [0, 0.05) is 11.1 Å². The fraction of sp³-hybridized carbons (Fsp3) is 0.500. The Kier molecular flexibility index (Phi) is 3.65. The second-order valence-electron chi connectivity index (χ2n) is 4.88. The summed E-state index contributed by atoms with van der Waals surface area (Å²) in [5, 5.41) is 11.0. The molecule has 0 atom stereocenters. The van der Waals surface area contributed by atoms with E-state index in [9.17, 15) is 10.1 Å². The molecule has 0 saturated carbocycles. The summed E-state index contributed by atoms with van der Waals surface area (Å²) in [6, 6.07) is 5.42. The number of rotatable bonds is 4.